The SMILES string of the molecule is BrCCCCN1C=NC=CC1. The van der Waals surface area contributed by atoms with E-state index in [0.29, 0.717) is 0 Å². The lowest BCUT2D eigenvalue weighted by Gasteiger charge is -2.18. The maximum absolute atomic E-state index is 4.05. The van der Waals surface area contributed by atoms with Crippen molar-refractivity contribution in [3.63, 3.8) is 0 Å². The Bertz CT molecular complexity index is 154. The molecule has 0 fully saturated rings. The van der Waals surface area contributed by atoms with Crippen LogP contribution in [0.25, 0.3) is 0 Å². The van der Waals surface area contributed by atoms with Gasteiger partial charge in [0.2, 0.25) is 0 Å². The summed E-state index contributed by atoms with van der Waals surface area (Å²) in [6.07, 6.45) is 8.32. The average molecular weight is 217 g/mol. The molecule has 0 aliphatic carbocycles. The second kappa shape index (κ2) is 5.35. The van der Waals surface area contributed by atoms with Crippen molar-refractivity contribution < 1.29 is 0 Å². The van der Waals surface area contributed by atoms with E-state index in [9.17, 15) is 0 Å². The molecule has 0 aromatic rings. The normalized spacial score (nSPS) is 15.9. The molecule has 11 heavy (non-hydrogen) atoms. The molecule has 0 N–H and O–H groups in total. The van der Waals surface area contributed by atoms with Crippen molar-refractivity contribution in [2.75, 3.05) is 18.4 Å². The first kappa shape index (κ1) is 8.78. The van der Waals surface area contributed by atoms with E-state index in [4.69, 9.17) is 0 Å². The molecule has 0 saturated heterocycles. The lowest BCUT2D eigenvalue weighted by atomic mass is 10.3. The first-order chi connectivity index (χ1) is 5.43. The minimum Gasteiger partial charge on any atom is -0.359 e. The van der Waals surface area contributed by atoms with Gasteiger partial charge in [0.25, 0.3) is 0 Å². The molecular weight excluding hydrogens is 204 g/mol. The molecule has 0 radical (unpaired) electrons. The second-order valence-electron chi connectivity index (χ2n) is 2.54. The van der Waals surface area contributed by atoms with Gasteiger partial charge in [-0.2, -0.15) is 0 Å². The highest BCUT2D eigenvalue weighted by Crippen LogP contribution is 1.98. The summed E-state index contributed by atoms with van der Waals surface area (Å²) in [4.78, 5) is 6.27. The molecule has 0 atom stereocenters. The number of halogens is 1. The van der Waals surface area contributed by atoms with Gasteiger partial charge in [0.1, 0.15) is 0 Å². The Labute approximate surface area is 76.1 Å². The molecular formula is C8H13BrN2. The van der Waals surface area contributed by atoms with E-state index in [1.165, 1.54) is 12.8 Å². The predicted molar refractivity (Wildman–Crippen MR) is 52.2 cm³/mol. The molecule has 1 aliphatic heterocycles. The van der Waals surface area contributed by atoms with Gasteiger partial charge in [-0.3, -0.25) is 0 Å². The van der Waals surface area contributed by atoms with Gasteiger partial charge in [0.05, 0.1) is 6.34 Å². The zero-order valence-corrected chi connectivity index (χ0v) is 8.13. The number of alkyl halides is 1. The van der Waals surface area contributed by atoms with Crippen LogP contribution >= 0.6 is 15.9 Å². The number of unbranched alkanes of at least 4 members (excludes halogenated alkanes) is 1. The summed E-state index contributed by atoms with van der Waals surface area (Å²) < 4.78 is 0. The first-order valence-electron chi connectivity index (χ1n) is 3.92. The summed E-state index contributed by atoms with van der Waals surface area (Å²) in [7, 11) is 0. The van der Waals surface area contributed by atoms with Crippen molar-refractivity contribution in [3.8, 4) is 0 Å². The van der Waals surface area contributed by atoms with Crippen LogP contribution in [0.3, 0.4) is 0 Å². The lowest BCUT2D eigenvalue weighted by Crippen LogP contribution is -2.24. The molecule has 0 bridgehead atoms. The monoisotopic (exact) mass is 216 g/mol. The van der Waals surface area contributed by atoms with Gasteiger partial charge in [-0.25, -0.2) is 4.99 Å². The van der Waals surface area contributed by atoms with E-state index in [1.807, 2.05) is 12.5 Å². The maximum Gasteiger partial charge on any atom is 0.0907 e. The number of nitrogens with zero attached hydrogens (tertiary/aromatic N) is 2. The molecule has 0 spiro atoms. The smallest absolute Gasteiger partial charge is 0.0907 e. The third kappa shape index (κ3) is 3.56. The van der Waals surface area contributed by atoms with E-state index < -0.39 is 0 Å². The summed E-state index contributed by atoms with van der Waals surface area (Å²) >= 11 is 3.41. The van der Waals surface area contributed by atoms with Gasteiger partial charge in [-0.1, -0.05) is 15.9 Å². The van der Waals surface area contributed by atoms with E-state index in [2.05, 4.69) is 31.9 Å². The highest BCUT2D eigenvalue weighted by molar-refractivity contribution is 9.09. The Hall–Kier alpha value is -0.310. The highest BCUT2D eigenvalue weighted by Gasteiger charge is 1.98. The zero-order chi connectivity index (χ0) is 7.94. The standard InChI is InChI=1S/C8H13BrN2/c9-4-1-2-6-11-7-3-5-10-8-11/h3,5,8H,1-2,4,6-7H2. The molecule has 0 aromatic heterocycles. The van der Waals surface area contributed by atoms with Crippen LogP contribution in [0.2, 0.25) is 0 Å². The van der Waals surface area contributed by atoms with Crippen LogP contribution in [-0.4, -0.2) is 29.7 Å². The van der Waals surface area contributed by atoms with Crippen molar-refractivity contribution in [1.29, 1.82) is 0 Å². The Morgan fingerprint density at radius 1 is 1.45 bits per heavy atom. The van der Waals surface area contributed by atoms with Gasteiger partial charge in [0.15, 0.2) is 0 Å². The molecule has 0 unspecified atom stereocenters. The quantitative estimate of drug-likeness (QED) is 0.519. The highest BCUT2D eigenvalue weighted by atomic mass is 79.9. The van der Waals surface area contributed by atoms with Crippen LogP contribution in [-0.2, 0) is 0 Å². The van der Waals surface area contributed by atoms with Crippen LogP contribution in [0.1, 0.15) is 12.8 Å². The van der Waals surface area contributed by atoms with Crippen molar-refractivity contribution >= 4 is 22.3 Å². The van der Waals surface area contributed by atoms with Crippen LogP contribution in [0.15, 0.2) is 17.3 Å². The Balaban J connectivity index is 2.07. The van der Waals surface area contributed by atoms with Crippen LogP contribution in [0, 0.1) is 0 Å². The fourth-order valence-corrected chi connectivity index (χ4v) is 1.38. The largest absolute Gasteiger partial charge is 0.359 e. The molecule has 0 saturated carbocycles. The topological polar surface area (TPSA) is 15.6 Å². The molecule has 1 aliphatic rings. The Morgan fingerprint density at radius 3 is 3.00 bits per heavy atom. The van der Waals surface area contributed by atoms with Crippen LogP contribution in [0.4, 0.5) is 0 Å². The van der Waals surface area contributed by atoms with E-state index in [0.717, 1.165) is 18.4 Å². The van der Waals surface area contributed by atoms with Crippen molar-refractivity contribution in [2.24, 2.45) is 4.99 Å². The number of rotatable bonds is 4. The predicted octanol–water partition coefficient (Wildman–Crippen LogP) is 2.02. The first-order valence-corrected chi connectivity index (χ1v) is 5.04. The summed E-state index contributed by atoms with van der Waals surface area (Å²) in [6.45, 7) is 2.14. The maximum atomic E-state index is 4.05. The number of hydrogen-bond acceptors (Lipinski definition) is 2. The second-order valence-corrected chi connectivity index (χ2v) is 3.33. The van der Waals surface area contributed by atoms with E-state index in [1.54, 1.807) is 0 Å². The lowest BCUT2D eigenvalue weighted by molar-refractivity contribution is 0.455. The molecule has 0 aromatic carbocycles. The fraction of sp³-hybridized carbons (Fsp3) is 0.625. The Morgan fingerprint density at radius 2 is 2.36 bits per heavy atom. The van der Waals surface area contributed by atoms with Crippen molar-refractivity contribution in [2.45, 2.75) is 12.8 Å². The molecule has 0 amide bonds. The van der Waals surface area contributed by atoms with Gasteiger partial charge in [0, 0.05) is 24.6 Å². The van der Waals surface area contributed by atoms with Gasteiger partial charge in [-0.15, -0.1) is 0 Å². The molecule has 3 heteroatoms. The van der Waals surface area contributed by atoms with Gasteiger partial charge in [-0.05, 0) is 18.9 Å². The third-order valence-electron chi connectivity index (χ3n) is 1.59. The average Bonchev–Trinajstić information content (AvgIpc) is 2.07. The molecule has 1 heterocycles. The molecule has 1 rings (SSSR count). The van der Waals surface area contributed by atoms with Crippen molar-refractivity contribution in [1.82, 2.24) is 4.90 Å². The van der Waals surface area contributed by atoms with Gasteiger partial charge < -0.3 is 4.90 Å². The Kier molecular flexibility index (Phi) is 4.28. The van der Waals surface area contributed by atoms with Gasteiger partial charge >= 0.3 is 0 Å². The van der Waals surface area contributed by atoms with E-state index >= 15 is 0 Å². The summed E-state index contributed by atoms with van der Waals surface area (Å²) in [6, 6.07) is 0. The summed E-state index contributed by atoms with van der Waals surface area (Å²) in [5, 5.41) is 1.10. The zero-order valence-electron chi connectivity index (χ0n) is 6.54. The van der Waals surface area contributed by atoms with E-state index in [-0.39, 0.29) is 0 Å². The van der Waals surface area contributed by atoms with Crippen molar-refractivity contribution in [3.05, 3.63) is 12.3 Å². The molecule has 62 valence electrons. The van der Waals surface area contributed by atoms with Crippen LogP contribution in [0.5, 0.6) is 0 Å². The number of aliphatic imine (C=N–C) groups is 1. The number of hydrogen-bond donors (Lipinski definition) is 0. The summed E-state index contributed by atoms with van der Waals surface area (Å²) in [5.41, 5.74) is 0. The minimum atomic E-state index is 1.02. The minimum absolute atomic E-state index is 1.02. The molecule has 2 nitrogen and oxygen atoms in total. The summed E-state index contributed by atoms with van der Waals surface area (Å²) in [5.74, 6) is 0. The fourth-order valence-electron chi connectivity index (χ4n) is 0.982. The van der Waals surface area contributed by atoms with Crippen LogP contribution < -0.4 is 0 Å². The third-order valence-corrected chi connectivity index (χ3v) is 2.15.